The average molecular weight is 235 g/mol. The van der Waals surface area contributed by atoms with Crippen LogP contribution < -0.4 is 0 Å². The molecule has 0 spiro atoms. The molecule has 2 nitrogen and oxygen atoms in total. The van der Waals surface area contributed by atoms with Gasteiger partial charge in [0.05, 0.1) is 0 Å². The Labute approximate surface area is 105 Å². The van der Waals surface area contributed by atoms with Gasteiger partial charge in [-0.2, -0.15) is 0 Å². The largest absolute Gasteiger partial charge is 0.309 e. The van der Waals surface area contributed by atoms with Crippen molar-refractivity contribution < 1.29 is 4.79 Å². The van der Waals surface area contributed by atoms with Gasteiger partial charge in [0.15, 0.2) is 0 Å². The molecule has 17 heavy (non-hydrogen) atoms. The van der Waals surface area contributed by atoms with Crippen LogP contribution in [0.2, 0.25) is 0 Å². The molecule has 4 saturated carbocycles. The zero-order chi connectivity index (χ0) is 12.0. The van der Waals surface area contributed by atoms with Gasteiger partial charge in [-0.25, -0.2) is 0 Å². The van der Waals surface area contributed by atoms with Crippen LogP contribution in [-0.4, -0.2) is 31.3 Å². The van der Waals surface area contributed by atoms with Crippen molar-refractivity contribution in [2.45, 2.75) is 44.9 Å². The lowest BCUT2D eigenvalue weighted by Crippen LogP contribution is -2.50. The van der Waals surface area contributed by atoms with E-state index in [4.69, 9.17) is 0 Å². The number of carbonyl (C=O) groups is 1. The molecule has 0 heterocycles. The Hall–Kier alpha value is -0.370. The molecule has 0 unspecified atom stereocenters. The molecule has 4 aliphatic carbocycles. The van der Waals surface area contributed by atoms with E-state index >= 15 is 0 Å². The van der Waals surface area contributed by atoms with E-state index in [0.717, 1.165) is 30.7 Å². The molecule has 96 valence electrons. The molecular weight excluding hydrogens is 210 g/mol. The molecular formula is C15H25NO. The predicted molar refractivity (Wildman–Crippen MR) is 68.8 cm³/mol. The van der Waals surface area contributed by atoms with E-state index < -0.39 is 0 Å². The van der Waals surface area contributed by atoms with Crippen LogP contribution in [-0.2, 0) is 4.79 Å². The molecule has 0 atom stereocenters. The Morgan fingerprint density at radius 1 is 1.06 bits per heavy atom. The molecule has 4 bridgehead atoms. The van der Waals surface area contributed by atoms with Gasteiger partial charge in [0.2, 0.25) is 0 Å². The van der Waals surface area contributed by atoms with Gasteiger partial charge < -0.3 is 4.90 Å². The fourth-order valence-corrected chi connectivity index (χ4v) is 5.04. The first-order valence-corrected chi connectivity index (χ1v) is 7.25. The van der Waals surface area contributed by atoms with Crippen molar-refractivity contribution in [1.29, 1.82) is 0 Å². The molecule has 0 radical (unpaired) electrons. The summed E-state index contributed by atoms with van der Waals surface area (Å²) in [4.78, 5) is 14.7. The summed E-state index contributed by atoms with van der Waals surface area (Å²) in [5.74, 6) is 3.27. The summed E-state index contributed by atoms with van der Waals surface area (Å²) in [5, 5.41) is 0. The molecule has 0 aromatic heterocycles. The summed E-state index contributed by atoms with van der Waals surface area (Å²) < 4.78 is 0. The van der Waals surface area contributed by atoms with Crippen LogP contribution >= 0.6 is 0 Å². The minimum atomic E-state index is 0.130. The Kier molecular flexibility index (Phi) is 2.81. The molecule has 0 aromatic carbocycles. The van der Waals surface area contributed by atoms with Gasteiger partial charge in [-0.05, 0) is 70.4 Å². The third kappa shape index (κ3) is 2.05. The van der Waals surface area contributed by atoms with Gasteiger partial charge in [0.25, 0.3) is 0 Å². The first-order valence-electron chi connectivity index (χ1n) is 7.25. The lowest BCUT2D eigenvalue weighted by molar-refractivity contribution is -0.144. The van der Waals surface area contributed by atoms with Crippen LogP contribution in [0.4, 0.5) is 0 Å². The van der Waals surface area contributed by atoms with Crippen molar-refractivity contribution in [3.8, 4) is 0 Å². The van der Waals surface area contributed by atoms with E-state index in [1.807, 2.05) is 0 Å². The van der Waals surface area contributed by atoms with Crippen molar-refractivity contribution in [3.05, 3.63) is 0 Å². The molecule has 0 aromatic rings. The summed E-state index contributed by atoms with van der Waals surface area (Å²) in [6.45, 7) is 0.931. The Bertz CT molecular complexity index is 286. The number of carbonyl (C=O) groups excluding carboxylic acids is 1. The topological polar surface area (TPSA) is 20.3 Å². The number of rotatable bonds is 4. The smallest absolute Gasteiger partial charge is 0.140 e. The number of ketones is 1. The fourth-order valence-electron chi connectivity index (χ4n) is 5.04. The molecule has 0 aliphatic heterocycles. The Morgan fingerprint density at radius 3 is 1.94 bits per heavy atom. The fraction of sp³-hybridized carbons (Fsp3) is 0.933. The average Bonchev–Trinajstić information content (AvgIpc) is 2.23. The minimum absolute atomic E-state index is 0.130. The molecule has 4 fully saturated rings. The van der Waals surface area contributed by atoms with Crippen molar-refractivity contribution in [1.82, 2.24) is 4.90 Å². The van der Waals surface area contributed by atoms with Crippen LogP contribution in [0.3, 0.4) is 0 Å². The molecule has 0 N–H and O–H groups in total. The first-order chi connectivity index (χ1) is 8.07. The number of Topliss-reactive ketones (excluding diaryl/α,β-unsaturated/α-hetero) is 1. The quantitative estimate of drug-likeness (QED) is 0.747. The van der Waals surface area contributed by atoms with E-state index in [9.17, 15) is 4.79 Å². The predicted octanol–water partition coefficient (Wildman–Crippen LogP) is 2.72. The summed E-state index contributed by atoms with van der Waals surface area (Å²) in [5.41, 5.74) is 0.130. The summed E-state index contributed by atoms with van der Waals surface area (Å²) in [7, 11) is 4.12. The number of hydrogen-bond donors (Lipinski definition) is 0. The second-order valence-corrected chi connectivity index (χ2v) is 7.17. The molecule has 2 heteroatoms. The van der Waals surface area contributed by atoms with Gasteiger partial charge in [-0.15, -0.1) is 0 Å². The maximum absolute atomic E-state index is 12.6. The van der Waals surface area contributed by atoms with Gasteiger partial charge in [0.1, 0.15) is 5.78 Å². The third-order valence-corrected chi connectivity index (χ3v) is 5.42. The van der Waals surface area contributed by atoms with E-state index in [-0.39, 0.29) is 5.41 Å². The van der Waals surface area contributed by atoms with Gasteiger partial charge >= 0.3 is 0 Å². The molecule has 0 saturated heterocycles. The van der Waals surface area contributed by atoms with Crippen LogP contribution in [0.15, 0.2) is 0 Å². The van der Waals surface area contributed by atoms with Gasteiger partial charge in [-0.1, -0.05) is 0 Å². The van der Waals surface area contributed by atoms with E-state index in [2.05, 4.69) is 19.0 Å². The maximum Gasteiger partial charge on any atom is 0.140 e. The zero-order valence-electron chi connectivity index (χ0n) is 11.2. The van der Waals surface area contributed by atoms with Crippen molar-refractivity contribution in [3.63, 3.8) is 0 Å². The van der Waals surface area contributed by atoms with Gasteiger partial charge in [0, 0.05) is 18.4 Å². The van der Waals surface area contributed by atoms with E-state index in [0.29, 0.717) is 5.78 Å². The highest BCUT2D eigenvalue weighted by Crippen LogP contribution is 2.60. The lowest BCUT2D eigenvalue weighted by Gasteiger charge is -2.56. The van der Waals surface area contributed by atoms with E-state index in [1.54, 1.807) is 0 Å². The SMILES string of the molecule is CN(C)CCC(=O)C12CC3CC(CC(C3)C1)C2. The second kappa shape index (κ2) is 4.08. The Balaban J connectivity index is 1.71. The third-order valence-electron chi connectivity index (χ3n) is 5.42. The summed E-state index contributed by atoms with van der Waals surface area (Å²) in [6.07, 6.45) is 8.75. The second-order valence-electron chi connectivity index (χ2n) is 7.17. The Morgan fingerprint density at radius 2 is 1.53 bits per heavy atom. The molecule has 0 amide bonds. The number of nitrogens with zero attached hydrogens (tertiary/aromatic N) is 1. The molecule has 4 rings (SSSR count). The standard InChI is InChI=1S/C15H25NO/c1-16(2)4-3-14(17)15-8-11-5-12(9-15)7-13(6-11)10-15/h11-13H,3-10H2,1-2H3. The van der Waals surface area contributed by atoms with Crippen LogP contribution in [0.5, 0.6) is 0 Å². The van der Waals surface area contributed by atoms with Crippen molar-refractivity contribution >= 4 is 5.78 Å². The highest BCUT2D eigenvalue weighted by molar-refractivity contribution is 5.85. The van der Waals surface area contributed by atoms with E-state index in [1.165, 1.54) is 38.5 Å². The molecule has 4 aliphatic rings. The normalized spacial score (nSPS) is 43.4. The van der Waals surface area contributed by atoms with Gasteiger partial charge in [-0.3, -0.25) is 4.79 Å². The lowest BCUT2D eigenvalue weighted by atomic mass is 9.48. The first kappa shape index (κ1) is 11.7. The number of hydrogen-bond acceptors (Lipinski definition) is 2. The monoisotopic (exact) mass is 235 g/mol. The minimum Gasteiger partial charge on any atom is -0.309 e. The van der Waals surface area contributed by atoms with Crippen LogP contribution in [0.25, 0.3) is 0 Å². The zero-order valence-corrected chi connectivity index (χ0v) is 11.2. The highest BCUT2D eigenvalue weighted by Gasteiger charge is 2.53. The summed E-state index contributed by atoms with van der Waals surface area (Å²) >= 11 is 0. The van der Waals surface area contributed by atoms with Crippen LogP contribution in [0.1, 0.15) is 44.9 Å². The van der Waals surface area contributed by atoms with Crippen molar-refractivity contribution in [2.75, 3.05) is 20.6 Å². The highest BCUT2D eigenvalue weighted by atomic mass is 16.1. The summed E-state index contributed by atoms with van der Waals surface area (Å²) in [6, 6.07) is 0. The maximum atomic E-state index is 12.6. The van der Waals surface area contributed by atoms with Crippen LogP contribution in [0, 0.1) is 23.2 Å². The van der Waals surface area contributed by atoms with Crippen molar-refractivity contribution in [2.24, 2.45) is 23.2 Å².